The quantitative estimate of drug-likeness (QED) is 0.561. The number of nitriles is 1. The fraction of sp³-hybridized carbons (Fsp3) is 0.667. The van der Waals surface area contributed by atoms with Gasteiger partial charge in [-0.2, -0.15) is 5.26 Å². The standard InChI is InChI=1S/C6H9NO4S/c1-3-11-6(8)5(4-7)12(2,9)10/h5H,3H2,1-2H3/t5-/m1/s1. The number of hydrogen-bond acceptors (Lipinski definition) is 5. The van der Waals surface area contributed by atoms with Gasteiger partial charge in [-0.1, -0.05) is 0 Å². The van der Waals surface area contributed by atoms with Gasteiger partial charge in [0.25, 0.3) is 0 Å². The smallest absolute Gasteiger partial charge is 0.339 e. The predicted octanol–water partition coefficient (Wildman–Crippen LogP) is -0.514. The van der Waals surface area contributed by atoms with Gasteiger partial charge in [-0.25, -0.2) is 13.2 Å². The van der Waals surface area contributed by atoms with Gasteiger partial charge in [0.05, 0.1) is 12.7 Å². The maximum atomic E-state index is 10.8. The van der Waals surface area contributed by atoms with Gasteiger partial charge in [-0.3, -0.25) is 0 Å². The van der Waals surface area contributed by atoms with E-state index in [1.165, 1.54) is 13.0 Å². The fourth-order valence-corrected chi connectivity index (χ4v) is 1.15. The molecule has 0 unspecified atom stereocenters. The lowest BCUT2D eigenvalue weighted by molar-refractivity contribution is -0.141. The molecule has 0 heterocycles. The summed E-state index contributed by atoms with van der Waals surface area (Å²) in [6, 6.07) is 1.36. The maximum absolute atomic E-state index is 10.8. The lowest BCUT2D eigenvalue weighted by Crippen LogP contribution is -2.29. The summed E-state index contributed by atoms with van der Waals surface area (Å²) in [6.45, 7) is 1.60. The van der Waals surface area contributed by atoms with E-state index in [1.807, 2.05) is 0 Å². The Morgan fingerprint density at radius 2 is 2.17 bits per heavy atom. The van der Waals surface area contributed by atoms with E-state index in [0.717, 1.165) is 6.26 Å². The fourth-order valence-electron chi connectivity index (χ4n) is 0.541. The van der Waals surface area contributed by atoms with E-state index in [4.69, 9.17) is 5.26 Å². The van der Waals surface area contributed by atoms with Crippen LogP contribution in [-0.2, 0) is 19.4 Å². The Kier molecular flexibility index (Phi) is 3.70. The first-order valence-electron chi connectivity index (χ1n) is 3.18. The molecule has 0 saturated carbocycles. The van der Waals surface area contributed by atoms with Crippen LogP contribution in [-0.4, -0.2) is 32.5 Å². The Morgan fingerprint density at radius 3 is 2.42 bits per heavy atom. The minimum atomic E-state index is -3.67. The molecule has 0 spiro atoms. The van der Waals surface area contributed by atoms with Crippen LogP contribution in [0.5, 0.6) is 0 Å². The van der Waals surface area contributed by atoms with E-state index >= 15 is 0 Å². The Morgan fingerprint density at radius 1 is 1.67 bits per heavy atom. The van der Waals surface area contributed by atoms with E-state index in [2.05, 4.69) is 4.74 Å². The molecular weight excluding hydrogens is 182 g/mol. The van der Waals surface area contributed by atoms with Gasteiger partial charge < -0.3 is 4.74 Å². The van der Waals surface area contributed by atoms with Gasteiger partial charge in [0.2, 0.25) is 5.25 Å². The molecule has 0 aromatic heterocycles. The normalized spacial score (nSPS) is 13.1. The van der Waals surface area contributed by atoms with E-state index in [-0.39, 0.29) is 6.61 Å². The molecule has 0 radical (unpaired) electrons. The lowest BCUT2D eigenvalue weighted by Gasteiger charge is -2.04. The summed E-state index contributed by atoms with van der Waals surface area (Å²) in [6.07, 6.45) is 0.817. The highest BCUT2D eigenvalue weighted by Gasteiger charge is 2.29. The van der Waals surface area contributed by atoms with Crippen molar-refractivity contribution in [1.29, 1.82) is 5.26 Å². The van der Waals surface area contributed by atoms with Crippen LogP contribution in [0.1, 0.15) is 6.92 Å². The lowest BCUT2D eigenvalue weighted by atomic mass is 10.5. The summed E-state index contributed by atoms with van der Waals surface area (Å²) in [5.41, 5.74) is 0. The van der Waals surface area contributed by atoms with Crippen LogP contribution >= 0.6 is 0 Å². The van der Waals surface area contributed by atoms with Gasteiger partial charge in [-0.05, 0) is 6.92 Å². The Labute approximate surface area is 70.9 Å². The molecule has 12 heavy (non-hydrogen) atoms. The number of nitrogens with zero attached hydrogens (tertiary/aromatic N) is 1. The summed E-state index contributed by atoms with van der Waals surface area (Å²) in [5, 5.41) is 6.63. The zero-order valence-corrected chi connectivity index (χ0v) is 7.59. The molecule has 0 aromatic rings. The Bertz CT molecular complexity index is 300. The third kappa shape index (κ3) is 2.88. The van der Waals surface area contributed by atoms with Crippen molar-refractivity contribution in [2.75, 3.05) is 12.9 Å². The summed E-state index contributed by atoms with van der Waals surface area (Å²) in [4.78, 5) is 10.8. The average Bonchev–Trinajstić information content (AvgIpc) is 1.85. The van der Waals surface area contributed by atoms with Gasteiger partial charge >= 0.3 is 5.97 Å². The molecule has 5 nitrogen and oxygen atoms in total. The summed E-state index contributed by atoms with van der Waals surface area (Å²) < 4.78 is 25.9. The molecule has 1 atom stereocenters. The third-order valence-corrected chi connectivity index (χ3v) is 2.20. The van der Waals surface area contributed by atoms with Crippen LogP contribution in [0.2, 0.25) is 0 Å². The van der Waals surface area contributed by atoms with Gasteiger partial charge in [0.1, 0.15) is 0 Å². The van der Waals surface area contributed by atoms with E-state index < -0.39 is 21.1 Å². The van der Waals surface area contributed by atoms with Crippen LogP contribution in [0.15, 0.2) is 0 Å². The van der Waals surface area contributed by atoms with Crippen LogP contribution in [0, 0.1) is 11.3 Å². The highest BCUT2D eigenvalue weighted by Crippen LogP contribution is 2.00. The van der Waals surface area contributed by atoms with Crippen LogP contribution < -0.4 is 0 Å². The van der Waals surface area contributed by atoms with Crippen molar-refractivity contribution in [3.63, 3.8) is 0 Å². The monoisotopic (exact) mass is 191 g/mol. The molecule has 0 saturated heterocycles. The van der Waals surface area contributed by atoms with Crippen LogP contribution in [0.3, 0.4) is 0 Å². The molecule has 68 valence electrons. The van der Waals surface area contributed by atoms with Gasteiger partial charge in [0.15, 0.2) is 9.84 Å². The second kappa shape index (κ2) is 4.07. The van der Waals surface area contributed by atoms with E-state index in [1.54, 1.807) is 0 Å². The molecule has 0 aliphatic carbocycles. The number of ether oxygens (including phenoxy) is 1. The number of sulfone groups is 1. The summed E-state index contributed by atoms with van der Waals surface area (Å²) >= 11 is 0. The van der Waals surface area contributed by atoms with Crippen molar-refractivity contribution >= 4 is 15.8 Å². The maximum Gasteiger partial charge on any atom is 0.339 e. The van der Waals surface area contributed by atoms with Crippen LogP contribution in [0.4, 0.5) is 0 Å². The molecule has 0 fully saturated rings. The number of carbonyl (C=O) groups excluding carboxylic acids is 1. The minimum Gasteiger partial charge on any atom is -0.464 e. The largest absolute Gasteiger partial charge is 0.464 e. The van der Waals surface area contributed by atoms with Crippen LogP contribution in [0.25, 0.3) is 0 Å². The first-order chi connectivity index (χ1) is 5.43. The Hall–Kier alpha value is -1.09. The van der Waals surface area contributed by atoms with Gasteiger partial charge in [-0.15, -0.1) is 0 Å². The molecule has 0 N–H and O–H groups in total. The molecule has 0 aromatic carbocycles. The summed E-state index contributed by atoms with van der Waals surface area (Å²) in [7, 11) is -3.67. The first kappa shape index (κ1) is 10.9. The Balaban J connectivity index is 4.62. The molecule has 0 amide bonds. The van der Waals surface area contributed by atoms with Crippen molar-refractivity contribution in [3.8, 4) is 6.07 Å². The number of hydrogen-bond donors (Lipinski definition) is 0. The summed E-state index contributed by atoms with van der Waals surface area (Å²) in [5.74, 6) is -1.01. The highest BCUT2D eigenvalue weighted by molar-refractivity contribution is 7.92. The van der Waals surface area contributed by atoms with Gasteiger partial charge in [0, 0.05) is 6.26 Å². The highest BCUT2D eigenvalue weighted by atomic mass is 32.2. The van der Waals surface area contributed by atoms with Crippen molar-refractivity contribution in [1.82, 2.24) is 0 Å². The van der Waals surface area contributed by atoms with E-state index in [9.17, 15) is 13.2 Å². The second-order valence-electron chi connectivity index (χ2n) is 2.09. The molecule has 0 aliphatic heterocycles. The van der Waals surface area contributed by atoms with Crippen molar-refractivity contribution in [2.24, 2.45) is 0 Å². The molecule has 0 bridgehead atoms. The number of rotatable bonds is 3. The zero-order chi connectivity index (χ0) is 9.78. The molecule has 0 rings (SSSR count). The first-order valence-corrected chi connectivity index (χ1v) is 5.14. The average molecular weight is 191 g/mol. The number of esters is 1. The molecular formula is C6H9NO4S. The zero-order valence-electron chi connectivity index (χ0n) is 6.77. The predicted molar refractivity (Wildman–Crippen MR) is 40.9 cm³/mol. The van der Waals surface area contributed by atoms with E-state index in [0.29, 0.717) is 0 Å². The molecule has 0 aliphatic rings. The minimum absolute atomic E-state index is 0.0620. The van der Waals surface area contributed by atoms with Crippen molar-refractivity contribution in [2.45, 2.75) is 12.2 Å². The van der Waals surface area contributed by atoms with Crippen molar-refractivity contribution < 1.29 is 17.9 Å². The second-order valence-corrected chi connectivity index (χ2v) is 4.22. The third-order valence-electron chi connectivity index (χ3n) is 1.05. The number of carbonyl (C=O) groups is 1. The molecule has 6 heteroatoms. The SMILES string of the molecule is CCOC(=O)[C@@H](C#N)S(C)(=O)=O. The topological polar surface area (TPSA) is 84.2 Å². The van der Waals surface area contributed by atoms with Crippen molar-refractivity contribution in [3.05, 3.63) is 0 Å².